The van der Waals surface area contributed by atoms with Crippen molar-refractivity contribution in [1.29, 1.82) is 0 Å². The van der Waals surface area contributed by atoms with Crippen molar-refractivity contribution in [2.24, 2.45) is 0 Å². The first-order valence-electron chi connectivity index (χ1n) is 2.91. The van der Waals surface area contributed by atoms with Crippen molar-refractivity contribution in [2.45, 2.75) is 16.1 Å². The Labute approximate surface area is 87.5 Å². The van der Waals surface area contributed by atoms with Crippen molar-refractivity contribution in [3.8, 4) is 0 Å². The fourth-order valence-corrected chi connectivity index (χ4v) is 3.06. The van der Waals surface area contributed by atoms with Crippen molar-refractivity contribution >= 4 is 31.8 Å². The fourth-order valence-electron chi connectivity index (χ4n) is 0.609. The van der Waals surface area contributed by atoms with Crippen LogP contribution in [0.1, 0.15) is 0 Å². The van der Waals surface area contributed by atoms with Crippen LogP contribution in [-0.2, 0) is 20.2 Å². The van der Waals surface area contributed by atoms with Gasteiger partial charge in [-0.2, -0.15) is 30.0 Å². The molecule has 0 aromatic rings. The van der Waals surface area contributed by atoms with Crippen molar-refractivity contribution in [1.82, 2.24) is 0 Å². The molecule has 0 aromatic heterocycles. The zero-order valence-corrected chi connectivity index (χ0v) is 8.90. The normalized spacial score (nSPS) is 18.5. The quantitative estimate of drug-likeness (QED) is 0.570. The smallest absolute Gasteiger partial charge is 0.285 e. The molecule has 0 aliphatic rings. The van der Waals surface area contributed by atoms with Crippen molar-refractivity contribution in [3.05, 3.63) is 0 Å². The summed E-state index contributed by atoms with van der Waals surface area (Å²) in [6.45, 7) is 0. The third kappa shape index (κ3) is 4.10. The molecule has 0 amide bonds. The number of rotatable bonds is 3. The van der Waals surface area contributed by atoms with Crippen LogP contribution in [0.15, 0.2) is 0 Å². The second-order valence-electron chi connectivity index (χ2n) is 2.34. The second-order valence-corrected chi connectivity index (χ2v) is 6.15. The largest absolute Gasteiger partial charge is 0.410 e. The average molecular weight is 293 g/mol. The molecule has 0 aromatic carbocycles. The predicted octanol–water partition coefficient (Wildman–Crippen LogP) is 0.258. The first-order chi connectivity index (χ1) is 6.28. The Morgan fingerprint density at radius 2 is 1.33 bits per heavy atom. The van der Waals surface area contributed by atoms with Crippen LogP contribution in [-0.4, -0.2) is 42.1 Å². The maximum Gasteiger partial charge on any atom is 0.410 e. The summed E-state index contributed by atoms with van der Waals surface area (Å²) >= 11 is 4.60. The molecule has 2 atom stereocenters. The van der Waals surface area contributed by atoms with E-state index in [-0.39, 0.29) is 0 Å². The summed E-state index contributed by atoms with van der Waals surface area (Å²) in [4.78, 5) is 0. The maximum absolute atomic E-state index is 12.0. The van der Waals surface area contributed by atoms with E-state index in [0.29, 0.717) is 0 Å². The molecule has 0 aliphatic heterocycles. The zero-order chi connectivity index (χ0) is 12.7. The molecule has 0 radical (unpaired) electrons. The highest BCUT2D eigenvalue weighted by atomic mass is 35.5. The molecule has 6 nitrogen and oxygen atoms in total. The van der Waals surface area contributed by atoms with Crippen LogP contribution in [0.5, 0.6) is 0 Å². The van der Waals surface area contributed by atoms with Crippen molar-refractivity contribution in [3.63, 3.8) is 0 Å². The monoisotopic (exact) mass is 292 g/mol. The first kappa shape index (κ1) is 14.9. The molecular weight excluding hydrogens is 289 g/mol. The van der Waals surface area contributed by atoms with E-state index in [4.69, 9.17) is 9.11 Å². The van der Waals surface area contributed by atoms with E-state index in [9.17, 15) is 30.0 Å². The lowest BCUT2D eigenvalue weighted by atomic mass is 10.5. The molecule has 2 N–H and O–H groups in total. The molecule has 2 unspecified atom stereocenters. The van der Waals surface area contributed by atoms with E-state index in [1.807, 2.05) is 0 Å². The van der Waals surface area contributed by atoms with Crippen LogP contribution in [0.4, 0.5) is 13.2 Å². The van der Waals surface area contributed by atoms with Gasteiger partial charge in [0, 0.05) is 0 Å². The molecule has 0 aliphatic carbocycles. The van der Waals surface area contributed by atoms with Crippen molar-refractivity contribution in [2.75, 3.05) is 0 Å². The third-order valence-electron chi connectivity index (χ3n) is 1.17. The molecule has 0 rings (SSSR count). The summed E-state index contributed by atoms with van der Waals surface area (Å²) in [5.74, 6) is 0. The topological polar surface area (TPSA) is 109 Å². The van der Waals surface area contributed by atoms with E-state index >= 15 is 0 Å². The highest BCUT2D eigenvalue weighted by Crippen LogP contribution is 2.32. The summed E-state index contributed by atoms with van der Waals surface area (Å²) in [6, 6.07) is 0. The van der Waals surface area contributed by atoms with Gasteiger partial charge in [0.2, 0.25) is 5.25 Å². The van der Waals surface area contributed by atoms with E-state index in [1.54, 1.807) is 0 Å². The van der Waals surface area contributed by atoms with Gasteiger partial charge in [0.1, 0.15) is 0 Å². The molecule has 12 heteroatoms. The minimum atomic E-state index is -5.80. The third-order valence-corrected chi connectivity index (χ3v) is 4.44. The van der Waals surface area contributed by atoms with Gasteiger partial charge in [-0.05, 0) is 0 Å². The highest BCUT2D eigenvalue weighted by Gasteiger charge is 2.56. The molecule has 0 bridgehead atoms. The van der Waals surface area contributed by atoms with Gasteiger partial charge in [-0.3, -0.25) is 9.11 Å². The van der Waals surface area contributed by atoms with Crippen LogP contribution in [0.2, 0.25) is 0 Å². The zero-order valence-electron chi connectivity index (χ0n) is 6.51. The summed E-state index contributed by atoms with van der Waals surface area (Å²) in [7, 11) is -11.3. The Hall–Kier alpha value is -0.100. The Morgan fingerprint density at radius 3 is 1.40 bits per heavy atom. The number of halogens is 4. The van der Waals surface area contributed by atoms with Gasteiger partial charge in [-0.25, -0.2) is 0 Å². The summed E-state index contributed by atoms with van der Waals surface area (Å²) in [6.07, 6.45) is -5.63. The van der Waals surface area contributed by atoms with Gasteiger partial charge in [0.05, 0.1) is 0 Å². The molecule has 0 saturated heterocycles. The Morgan fingerprint density at radius 1 is 1.00 bits per heavy atom. The van der Waals surface area contributed by atoms with Crippen LogP contribution in [0, 0.1) is 0 Å². The van der Waals surface area contributed by atoms with E-state index in [1.165, 1.54) is 0 Å². The number of hydrogen-bond acceptors (Lipinski definition) is 4. The average Bonchev–Trinajstić information content (AvgIpc) is 1.76. The first-order valence-corrected chi connectivity index (χ1v) is 6.35. The summed E-state index contributed by atoms with van der Waals surface area (Å²) in [5.41, 5.74) is 0. The van der Waals surface area contributed by atoms with Crippen LogP contribution < -0.4 is 0 Å². The molecular formula is C3H4ClF3O6S2. The van der Waals surface area contributed by atoms with Gasteiger partial charge < -0.3 is 0 Å². The molecule has 0 spiro atoms. The van der Waals surface area contributed by atoms with Crippen LogP contribution in [0.3, 0.4) is 0 Å². The lowest BCUT2D eigenvalue weighted by molar-refractivity contribution is -0.129. The Bertz CT molecular complexity index is 423. The molecule has 92 valence electrons. The second kappa shape index (κ2) is 4.05. The van der Waals surface area contributed by atoms with Gasteiger partial charge >= 0.3 is 6.18 Å². The lowest BCUT2D eigenvalue weighted by Crippen LogP contribution is -2.46. The van der Waals surface area contributed by atoms with E-state index in [0.717, 1.165) is 0 Å². The maximum atomic E-state index is 12.0. The number of alkyl halides is 4. The minimum Gasteiger partial charge on any atom is -0.285 e. The van der Waals surface area contributed by atoms with Gasteiger partial charge in [0.15, 0.2) is 4.71 Å². The highest BCUT2D eigenvalue weighted by molar-refractivity contribution is 7.91. The number of hydrogen-bond donors (Lipinski definition) is 2. The van der Waals surface area contributed by atoms with Crippen LogP contribution >= 0.6 is 11.6 Å². The van der Waals surface area contributed by atoms with Gasteiger partial charge in [0.25, 0.3) is 20.2 Å². The van der Waals surface area contributed by atoms with Crippen LogP contribution in [0.25, 0.3) is 0 Å². The standard InChI is InChI=1S/C3H4ClF3O6S2/c4-2(15(11,12)13)1(3(5,6)7)14(8,9)10/h1-2H,(H,8,9,10)(H,11,12,13). The molecule has 0 heterocycles. The van der Waals surface area contributed by atoms with Crippen molar-refractivity contribution < 1.29 is 39.1 Å². The SMILES string of the molecule is O=S(=O)(O)C(Cl)C(C(F)(F)F)S(=O)(=O)O. The summed E-state index contributed by atoms with van der Waals surface area (Å²) in [5, 5.41) is -3.80. The Balaban J connectivity index is 5.56. The summed E-state index contributed by atoms with van der Waals surface area (Å²) < 4.78 is 90.0. The fraction of sp³-hybridized carbons (Fsp3) is 1.00. The molecule has 0 saturated carbocycles. The van der Waals surface area contributed by atoms with E-state index in [2.05, 4.69) is 11.6 Å². The lowest BCUT2D eigenvalue weighted by Gasteiger charge is -2.19. The van der Waals surface area contributed by atoms with Gasteiger partial charge in [-0.15, -0.1) is 11.6 Å². The Kier molecular flexibility index (Phi) is 4.02. The van der Waals surface area contributed by atoms with E-state index < -0.39 is 36.4 Å². The molecule has 0 fully saturated rings. The van der Waals surface area contributed by atoms with Gasteiger partial charge in [-0.1, -0.05) is 0 Å². The predicted molar refractivity (Wildman–Crippen MR) is 42.6 cm³/mol. The minimum absolute atomic E-state index is 3.23. The molecule has 15 heavy (non-hydrogen) atoms.